The van der Waals surface area contributed by atoms with E-state index in [0.29, 0.717) is 11.8 Å². The van der Waals surface area contributed by atoms with Crippen LogP contribution in [0.15, 0.2) is 24.3 Å². The fourth-order valence-corrected chi connectivity index (χ4v) is 5.84. The number of unbranched alkanes of at least 4 members (excludes halogenated alkanes) is 10. The minimum absolute atomic E-state index is 0.489. The summed E-state index contributed by atoms with van der Waals surface area (Å²) in [4.78, 5) is 0. The highest BCUT2D eigenvalue weighted by Crippen LogP contribution is 2.42. The lowest BCUT2D eigenvalue weighted by atomic mass is 9.90. The average Bonchev–Trinajstić information content (AvgIpc) is 2.93. The van der Waals surface area contributed by atoms with E-state index in [2.05, 4.69) is 79.7 Å². The van der Waals surface area contributed by atoms with E-state index in [1.165, 1.54) is 122 Å². The predicted octanol–water partition coefficient (Wildman–Crippen LogP) is 12.9. The Labute approximate surface area is 243 Å². The second-order valence-corrected chi connectivity index (χ2v) is 12.4. The van der Waals surface area contributed by atoms with Gasteiger partial charge in [-0.1, -0.05) is 141 Å². The van der Waals surface area contributed by atoms with E-state index in [9.17, 15) is 0 Å². The quantitative estimate of drug-likeness (QED) is 0.153. The van der Waals surface area contributed by atoms with E-state index in [-0.39, 0.29) is 0 Å². The molecule has 2 aromatic carbocycles. The third kappa shape index (κ3) is 11.0. The maximum atomic E-state index is 7.25. The maximum absolute atomic E-state index is 7.25. The summed E-state index contributed by atoms with van der Waals surface area (Å²) in [7, 11) is 0. The molecule has 1 heteroatoms. The molecule has 2 aromatic rings. The summed E-state index contributed by atoms with van der Waals surface area (Å²) >= 11 is 0. The zero-order chi connectivity index (χ0) is 28.6. The Hall–Kier alpha value is -1.76. The van der Waals surface area contributed by atoms with Gasteiger partial charge < -0.3 is 4.74 Å². The average molecular weight is 535 g/mol. The first-order valence-corrected chi connectivity index (χ1v) is 16.8. The first-order valence-electron chi connectivity index (χ1n) is 16.8. The largest absolute Gasteiger partial charge is 0.456 e. The summed E-state index contributed by atoms with van der Waals surface area (Å²) in [6.45, 7) is 18.5. The van der Waals surface area contributed by atoms with Crippen molar-refractivity contribution in [3.05, 3.63) is 57.6 Å². The third-order valence-electron chi connectivity index (χ3n) is 8.77. The number of benzene rings is 2. The molecule has 0 radical (unpaired) electrons. The number of hydrogen-bond donors (Lipinski definition) is 0. The Morgan fingerprint density at radius 1 is 0.513 bits per heavy atom. The van der Waals surface area contributed by atoms with Crippen LogP contribution in [0.1, 0.15) is 177 Å². The predicted molar refractivity (Wildman–Crippen MR) is 174 cm³/mol. The van der Waals surface area contributed by atoms with Crippen molar-refractivity contribution in [1.29, 1.82) is 0 Å². The van der Waals surface area contributed by atoms with Crippen molar-refractivity contribution >= 4 is 0 Å². The molecule has 0 bridgehead atoms. The van der Waals surface area contributed by atoms with Gasteiger partial charge in [0.1, 0.15) is 11.5 Å². The van der Waals surface area contributed by atoms with Crippen LogP contribution in [0.5, 0.6) is 11.5 Å². The Bertz CT molecular complexity index is 878. The van der Waals surface area contributed by atoms with Gasteiger partial charge in [-0.05, 0) is 86.5 Å². The van der Waals surface area contributed by atoms with Crippen LogP contribution in [0.4, 0.5) is 0 Å². The van der Waals surface area contributed by atoms with Gasteiger partial charge in [-0.25, -0.2) is 0 Å². The molecule has 0 aromatic heterocycles. The molecule has 0 spiro atoms. The lowest BCUT2D eigenvalue weighted by molar-refractivity contribution is 0.444. The molecule has 0 saturated heterocycles. The molecule has 0 saturated carbocycles. The van der Waals surface area contributed by atoms with Crippen LogP contribution >= 0.6 is 0 Å². The fourth-order valence-electron chi connectivity index (χ4n) is 5.84. The smallest absolute Gasteiger partial charge is 0.134 e. The molecule has 0 N–H and O–H groups in total. The van der Waals surface area contributed by atoms with Gasteiger partial charge in [-0.3, -0.25) is 0 Å². The number of hydrogen-bond acceptors (Lipinski definition) is 1. The first kappa shape index (κ1) is 33.4. The molecule has 2 unspecified atom stereocenters. The van der Waals surface area contributed by atoms with Crippen molar-refractivity contribution in [2.75, 3.05) is 0 Å². The Morgan fingerprint density at radius 2 is 0.872 bits per heavy atom. The summed E-state index contributed by atoms with van der Waals surface area (Å²) in [5, 5.41) is 0. The summed E-state index contributed by atoms with van der Waals surface area (Å²) in [6.07, 6.45) is 20.4. The van der Waals surface area contributed by atoms with Gasteiger partial charge in [0, 0.05) is 0 Å². The van der Waals surface area contributed by atoms with Gasteiger partial charge in [0.15, 0.2) is 0 Å². The summed E-state index contributed by atoms with van der Waals surface area (Å²) < 4.78 is 7.25. The summed E-state index contributed by atoms with van der Waals surface area (Å²) in [5.41, 5.74) is 8.39. The molecule has 2 atom stereocenters. The van der Waals surface area contributed by atoms with Crippen LogP contribution in [0.2, 0.25) is 0 Å². The van der Waals surface area contributed by atoms with Crippen molar-refractivity contribution in [1.82, 2.24) is 0 Å². The number of aryl methyl sites for hydroxylation is 4. The Morgan fingerprint density at radius 3 is 1.23 bits per heavy atom. The Kier molecular flexibility index (Phi) is 15.9. The standard InChI is InChI=1S/C38H62O/c1-9-13-15-17-19-21-23-33-25-29(5)27-35(31(7)11-3)37(33)39-38-34(24-22-20-18-16-14-10-2)26-30(6)28-36(38)32(8)12-4/h25-28,31-32H,9-24H2,1-8H3. The lowest BCUT2D eigenvalue weighted by Crippen LogP contribution is -2.07. The second kappa shape index (κ2) is 18.6. The van der Waals surface area contributed by atoms with Crippen LogP contribution in [0, 0.1) is 13.8 Å². The first-order chi connectivity index (χ1) is 18.9. The van der Waals surface area contributed by atoms with Gasteiger partial charge >= 0.3 is 0 Å². The van der Waals surface area contributed by atoms with Crippen molar-refractivity contribution in [3.8, 4) is 11.5 Å². The number of rotatable bonds is 20. The molecule has 220 valence electrons. The van der Waals surface area contributed by atoms with Crippen molar-refractivity contribution in [2.24, 2.45) is 0 Å². The van der Waals surface area contributed by atoms with Gasteiger partial charge in [0.25, 0.3) is 0 Å². The summed E-state index contributed by atoms with van der Waals surface area (Å²) in [6, 6.07) is 9.63. The molecule has 1 nitrogen and oxygen atoms in total. The van der Waals surface area contributed by atoms with Crippen LogP contribution in [-0.4, -0.2) is 0 Å². The highest BCUT2D eigenvalue weighted by Gasteiger charge is 2.22. The highest BCUT2D eigenvalue weighted by atomic mass is 16.5. The zero-order valence-corrected chi connectivity index (χ0v) is 27.2. The van der Waals surface area contributed by atoms with Crippen LogP contribution in [0.25, 0.3) is 0 Å². The normalized spacial score (nSPS) is 13.0. The van der Waals surface area contributed by atoms with E-state index in [0.717, 1.165) is 25.7 Å². The SMILES string of the molecule is CCCCCCCCc1cc(C)cc(C(C)CC)c1Oc1c(CCCCCCCC)cc(C)cc1C(C)CC. The number of ether oxygens (including phenoxy) is 1. The molecular weight excluding hydrogens is 472 g/mol. The van der Waals surface area contributed by atoms with E-state index in [4.69, 9.17) is 4.74 Å². The van der Waals surface area contributed by atoms with Crippen molar-refractivity contribution in [3.63, 3.8) is 0 Å². The molecule has 0 amide bonds. The van der Waals surface area contributed by atoms with Gasteiger partial charge in [-0.15, -0.1) is 0 Å². The van der Waals surface area contributed by atoms with E-state index in [1.54, 1.807) is 0 Å². The Balaban J connectivity index is 2.45. The van der Waals surface area contributed by atoms with Crippen molar-refractivity contribution < 1.29 is 4.74 Å². The van der Waals surface area contributed by atoms with E-state index in [1.807, 2.05) is 0 Å². The fraction of sp³-hybridized carbons (Fsp3) is 0.684. The van der Waals surface area contributed by atoms with Gasteiger partial charge in [-0.2, -0.15) is 0 Å². The van der Waals surface area contributed by atoms with Crippen LogP contribution in [0.3, 0.4) is 0 Å². The van der Waals surface area contributed by atoms with E-state index >= 15 is 0 Å². The second-order valence-electron chi connectivity index (χ2n) is 12.4. The molecule has 0 heterocycles. The minimum atomic E-state index is 0.489. The van der Waals surface area contributed by atoms with Crippen LogP contribution in [-0.2, 0) is 12.8 Å². The lowest BCUT2D eigenvalue weighted by Gasteiger charge is -2.25. The van der Waals surface area contributed by atoms with E-state index < -0.39 is 0 Å². The molecule has 2 rings (SSSR count). The zero-order valence-electron chi connectivity index (χ0n) is 27.2. The van der Waals surface area contributed by atoms with Gasteiger partial charge in [0.2, 0.25) is 0 Å². The molecule has 0 aliphatic heterocycles. The monoisotopic (exact) mass is 534 g/mol. The molecule has 0 fully saturated rings. The minimum Gasteiger partial charge on any atom is -0.456 e. The topological polar surface area (TPSA) is 9.23 Å². The highest BCUT2D eigenvalue weighted by molar-refractivity contribution is 5.53. The third-order valence-corrected chi connectivity index (χ3v) is 8.77. The molecule has 39 heavy (non-hydrogen) atoms. The maximum Gasteiger partial charge on any atom is 0.134 e. The van der Waals surface area contributed by atoms with Gasteiger partial charge in [0.05, 0.1) is 0 Å². The summed E-state index contributed by atoms with van der Waals surface area (Å²) in [5.74, 6) is 3.31. The molecule has 0 aliphatic carbocycles. The van der Waals surface area contributed by atoms with Crippen molar-refractivity contribution in [2.45, 2.75) is 170 Å². The molecular formula is C38H62O. The van der Waals surface area contributed by atoms with Crippen LogP contribution < -0.4 is 4.74 Å². The molecule has 0 aliphatic rings.